The van der Waals surface area contributed by atoms with E-state index in [0.29, 0.717) is 11.6 Å². The van der Waals surface area contributed by atoms with E-state index in [0.717, 1.165) is 47.1 Å². The molecule has 0 radical (unpaired) electrons. The largest absolute Gasteiger partial charge is 0.366 e. The minimum Gasteiger partial charge on any atom is -0.366 e. The van der Waals surface area contributed by atoms with Gasteiger partial charge in [0.05, 0.1) is 5.52 Å². The molecular formula is C25H25ClN6. The lowest BCUT2D eigenvalue weighted by Gasteiger charge is -2.26. The van der Waals surface area contributed by atoms with Crippen LogP contribution in [0.1, 0.15) is 24.8 Å². The monoisotopic (exact) mass is 444 g/mol. The molecule has 6 nitrogen and oxygen atoms in total. The van der Waals surface area contributed by atoms with Crippen LogP contribution in [0, 0.1) is 0 Å². The highest BCUT2D eigenvalue weighted by Crippen LogP contribution is 2.27. The number of rotatable bonds is 6. The predicted octanol–water partition coefficient (Wildman–Crippen LogP) is 6.02. The number of aromatic nitrogens is 3. The summed E-state index contributed by atoms with van der Waals surface area (Å²) in [5, 5.41) is 8.63. The number of nitrogens with one attached hydrogen (secondary N) is 2. The van der Waals surface area contributed by atoms with E-state index in [1.165, 1.54) is 24.8 Å². The summed E-state index contributed by atoms with van der Waals surface area (Å²) in [4.78, 5) is 15.8. The molecule has 2 N–H and O–H groups in total. The Kier molecular flexibility index (Phi) is 6.03. The summed E-state index contributed by atoms with van der Waals surface area (Å²) >= 11 is 6.09. The van der Waals surface area contributed by atoms with Crippen LogP contribution >= 0.6 is 11.6 Å². The first-order chi connectivity index (χ1) is 15.7. The molecule has 1 aliphatic heterocycles. The van der Waals surface area contributed by atoms with Gasteiger partial charge in [-0.2, -0.15) is 4.98 Å². The van der Waals surface area contributed by atoms with Gasteiger partial charge in [-0.15, -0.1) is 0 Å². The fourth-order valence-electron chi connectivity index (χ4n) is 3.98. The van der Waals surface area contributed by atoms with Crippen molar-refractivity contribution in [2.24, 2.45) is 0 Å². The third kappa shape index (κ3) is 4.75. The lowest BCUT2D eigenvalue weighted by atomic mass is 10.1. The molecule has 3 heterocycles. The van der Waals surface area contributed by atoms with E-state index in [9.17, 15) is 0 Å². The zero-order valence-corrected chi connectivity index (χ0v) is 18.5. The van der Waals surface area contributed by atoms with Gasteiger partial charge in [0.15, 0.2) is 0 Å². The minimum absolute atomic E-state index is 0.686. The molecular weight excluding hydrogens is 420 g/mol. The molecule has 2 aromatic carbocycles. The minimum atomic E-state index is 0.686. The van der Waals surface area contributed by atoms with Crippen molar-refractivity contribution >= 4 is 45.6 Å². The van der Waals surface area contributed by atoms with E-state index in [4.69, 9.17) is 16.6 Å². The summed E-state index contributed by atoms with van der Waals surface area (Å²) in [6, 6.07) is 18.0. The van der Waals surface area contributed by atoms with Gasteiger partial charge in [0, 0.05) is 53.8 Å². The number of fused-ring (bicyclic) bond motifs is 1. The van der Waals surface area contributed by atoms with Crippen molar-refractivity contribution in [3.05, 3.63) is 77.6 Å². The summed E-state index contributed by atoms with van der Waals surface area (Å²) in [5.74, 6) is 1.67. The Morgan fingerprint density at radius 3 is 2.53 bits per heavy atom. The Morgan fingerprint density at radius 2 is 1.69 bits per heavy atom. The van der Waals surface area contributed by atoms with E-state index >= 15 is 0 Å². The maximum absolute atomic E-state index is 6.09. The van der Waals surface area contributed by atoms with Gasteiger partial charge in [-0.25, -0.2) is 4.98 Å². The molecule has 0 saturated carbocycles. The van der Waals surface area contributed by atoms with E-state index in [2.05, 4.69) is 49.8 Å². The first-order valence-electron chi connectivity index (χ1n) is 11.0. The molecule has 4 aromatic rings. The Morgan fingerprint density at radius 1 is 0.875 bits per heavy atom. The third-order valence-electron chi connectivity index (χ3n) is 5.69. The highest BCUT2D eigenvalue weighted by molar-refractivity contribution is 6.31. The lowest BCUT2D eigenvalue weighted by Crippen LogP contribution is -2.31. The SMILES string of the molecule is Clc1ccc2c(Nc3ccc(CNc4ccnc(N5CCCCC5)n4)cc3)ccnc2c1. The molecule has 0 unspecified atom stereocenters. The van der Waals surface area contributed by atoms with Gasteiger partial charge < -0.3 is 15.5 Å². The number of hydrogen-bond donors (Lipinski definition) is 2. The number of hydrogen-bond acceptors (Lipinski definition) is 6. The van der Waals surface area contributed by atoms with Gasteiger partial charge in [-0.05, 0) is 67.3 Å². The summed E-state index contributed by atoms with van der Waals surface area (Å²) in [5.41, 5.74) is 4.08. The number of nitrogens with zero attached hydrogens (tertiary/aromatic N) is 4. The van der Waals surface area contributed by atoms with Crippen LogP contribution in [0.25, 0.3) is 10.9 Å². The van der Waals surface area contributed by atoms with Gasteiger partial charge in [0.2, 0.25) is 5.95 Å². The topological polar surface area (TPSA) is 66.0 Å². The first-order valence-corrected chi connectivity index (χ1v) is 11.3. The average Bonchev–Trinajstić information content (AvgIpc) is 2.84. The molecule has 0 bridgehead atoms. The summed E-state index contributed by atoms with van der Waals surface area (Å²) in [7, 11) is 0. The van der Waals surface area contributed by atoms with Crippen molar-refractivity contribution in [3.8, 4) is 0 Å². The first kappa shape index (κ1) is 20.5. The normalized spacial score (nSPS) is 13.8. The van der Waals surface area contributed by atoms with E-state index < -0.39 is 0 Å². The zero-order valence-electron chi connectivity index (χ0n) is 17.8. The van der Waals surface area contributed by atoms with Crippen LogP contribution in [0.2, 0.25) is 5.02 Å². The van der Waals surface area contributed by atoms with E-state index in [1.54, 1.807) is 6.20 Å². The predicted molar refractivity (Wildman–Crippen MR) is 132 cm³/mol. The van der Waals surface area contributed by atoms with Gasteiger partial charge in [-0.1, -0.05) is 23.7 Å². The summed E-state index contributed by atoms with van der Waals surface area (Å²) in [6.07, 6.45) is 7.34. The van der Waals surface area contributed by atoms with Crippen molar-refractivity contribution in [1.29, 1.82) is 0 Å². The van der Waals surface area contributed by atoms with Crippen LogP contribution in [-0.4, -0.2) is 28.0 Å². The Bertz CT molecular complexity index is 1200. The maximum atomic E-state index is 6.09. The molecule has 0 atom stereocenters. The molecule has 162 valence electrons. The van der Waals surface area contributed by atoms with Crippen molar-refractivity contribution in [2.45, 2.75) is 25.8 Å². The van der Waals surface area contributed by atoms with Crippen molar-refractivity contribution in [3.63, 3.8) is 0 Å². The maximum Gasteiger partial charge on any atom is 0.227 e. The second kappa shape index (κ2) is 9.40. The second-order valence-electron chi connectivity index (χ2n) is 7.99. The molecule has 32 heavy (non-hydrogen) atoms. The van der Waals surface area contributed by atoms with Crippen LogP contribution in [0.3, 0.4) is 0 Å². The highest BCUT2D eigenvalue weighted by Gasteiger charge is 2.13. The highest BCUT2D eigenvalue weighted by atomic mass is 35.5. The van der Waals surface area contributed by atoms with E-state index in [-0.39, 0.29) is 0 Å². The number of pyridine rings is 1. The van der Waals surface area contributed by atoms with Crippen LogP contribution in [0.5, 0.6) is 0 Å². The van der Waals surface area contributed by atoms with Crippen LogP contribution in [0.15, 0.2) is 67.0 Å². The molecule has 0 aliphatic carbocycles. The van der Waals surface area contributed by atoms with Crippen LogP contribution in [-0.2, 0) is 6.54 Å². The van der Waals surface area contributed by atoms with Gasteiger partial charge >= 0.3 is 0 Å². The van der Waals surface area contributed by atoms with Crippen molar-refractivity contribution < 1.29 is 0 Å². The molecule has 1 saturated heterocycles. The molecule has 0 spiro atoms. The molecule has 0 amide bonds. The number of halogens is 1. The van der Waals surface area contributed by atoms with Gasteiger partial charge in [-0.3, -0.25) is 4.98 Å². The molecule has 1 fully saturated rings. The van der Waals surface area contributed by atoms with Crippen LogP contribution < -0.4 is 15.5 Å². The summed E-state index contributed by atoms with van der Waals surface area (Å²) in [6.45, 7) is 2.78. The Labute approximate surface area is 192 Å². The van der Waals surface area contributed by atoms with Gasteiger partial charge in [0.25, 0.3) is 0 Å². The van der Waals surface area contributed by atoms with Crippen molar-refractivity contribution in [1.82, 2.24) is 15.0 Å². The zero-order chi connectivity index (χ0) is 21.8. The van der Waals surface area contributed by atoms with Crippen LogP contribution in [0.4, 0.5) is 23.1 Å². The molecule has 7 heteroatoms. The standard InChI is InChI=1S/C25H25ClN6/c26-19-6-9-21-22(10-12-27-23(21)16-19)30-20-7-4-18(5-8-20)17-29-24-11-13-28-25(31-24)32-14-2-1-3-15-32/h4-13,16H,1-3,14-15,17H2,(H,27,30)(H,28,29,31). The lowest BCUT2D eigenvalue weighted by molar-refractivity contribution is 0.568. The third-order valence-corrected chi connectivity index (χ3v) is 5.93. The summed E-state index contributed by atoms with van der Waals surface area (Å²) < 4.78 is 0. The molecule has 2 aromatic heterocycles. The van der Waals surface area contributed by atoms with Gasteiger partial charge in [0.1, 0.15) is 5.82 Å². The quantitative estimate of drug-likeness (QED) is 0.379. The van der Waals surface area contributed by atoms with Crippen molar-refractivity contribution in [2.75, 3.05) is 28.6 Å². The number of piperidine rings is 1. The Hall–Kier alpha value is -3.38. The molecule has 5 rings (SSSR count). The smallest absolute Gasteiger partial charge is 0.227 e. The fraction of sp³-hybridized carbons (Fsp3) is 0.240. The Balaban J connectivity index is 1.23. The average molecular weight is 445 g/mol. The van der Waals surface area contributed by atoms with E-state index in [1.807, 2.05) is 36.5 Å². The number of anilines is 4. The molecule has 1 aliphatic rings. The second-order valence-corrected chi connectivity index (χ2v) is 8.42. The fourth-order valence-corrected chi connectivity index (χ4v) is 4.14. The number of benzene rings is 2.